The van der Waals surface area contributed by atoms with Gasteiger partial charge in [-0.15, -0.1) is 0 Å². The Balaban J connectivity index is 1.36. The highest BCUT2D eigenvalue weighted by Gasteiger charge is 2.20. The first-order valence-electron chi connectivity index (χ1n) is 12.3. The van der Waals surface area contributed by atoms with Crippen LogP contribution >= 0.6 is 0 Å². The highest BCUT2D eigenvalue weighted by Crippen LogP contribution is 2.32. The molecule has 1 aliphatic rings. The first kappa shape index (κ1) is 27.6. The molecule has 1 heterocycles. The number of sulfone groups is 1. The van der Waals surface area contributed by atoms with Gasteiger partial charge in [-0.05, 0) is 73.0 Å². The van der Waals surface area contributed by atoms with Crippen LogP contribution in [0.4, 0.5) is 4.39 Å². The summed E-state index contributed by atoms with van der Waals surface area (Å²) in [5, 5.41) is 20.4. The van der Waals surface area contributed by atoms with E-state index in [9.17, 15) is 27.8 Å². The van der Waals surface area contributed by atoms with Gasteiger partial charge in [0, 0.05) is 18.7 Å². The Labute approximate surface area is 221 Å². The van der Waals surface area contributed by atoms with E-state index in [2.05, 4.69) is 4.90 Å². The molecule has 1 aliphatic heterocycles. The van der Waals surface area contributed by atoms with Crippen molar-refractivity contribution in [3.05, 3.63) is 77.6 Å². The van der Waals surface area contributed by atoms with Crippen molar-refractivity contribution >= 4 is 15.8 Å². The molecule has 0 spiro atoms. The summed E-state index contributed by atoms with van der Waals surface area (Å²) in [6, 6.07) is 13.3. The topological polar surface area (TPSA) is 113 Å². The molecular formula is C28H30FNO7S. The lowest BCUT2D eigenvalue weighted by molar-refractivity contribution is 0.0348. The van der Waals surface area contributed by atoms with Crippen LogP contribution in [0.3, 0.4) is 0 Å². The number of aromatic hydroxyl groups is 2. The van der Waals surface area contributed by atoms with E-state index in [1.807, 2.05) is 0 Å². The Hall–Kier alpha value is -3.47. The Morgan fingerprint density at radius 3 is 2.53 bits per heavy atom. The summed E-state index contributed by atoms with van der Waals surface area (Å²) in [5.41, 5.74) is 0.754. The van der Waals surface area contributed by atoms with E-state index in [1.165, 1.54) is 42.5 Å². The van der Waals surface area contributed by atoms with Crippen LogP contribution in [0.5, 0.6) is 11.5 Å². The van der Waals surface area contributed by atoms with Gasteiger partial charge in [0.25, 0.3) is 0 Å². The molecular weight excluding hydrogens is 513 g/mol. The Morgan fingerprint density at radius 1 is 0.974 bits per heavy atom. The molecule has 1 saturated heterocycles. The van der Waals surface area contributed by atoms with Crippen LogP contribution in [0, 0.1) is 5.82 Å². The number of unbranched alkanes of at least 4 members (excludes halogenated alkanes) is 1. The van der Waals surface area contributed by atoms with Crippen molar-refractivity contribution in [1.29, 1.82) is 0 Å². The first-order valence-corrected chi connectivity index (χ1v) is 14.0. The second kappa shape index (κ2) is 12.4. The average molecular weight is 544 g/mol. The van der Waals surface area contributed by atoms with Crippen LogP contribution in [0.25, 0.3) is 11.1 Å². The van der Waals surface area contributed by atoms with Gasteiger partial charge >= 0.3 is 5.97 Å². The fourth-order valence-electron chi connectivity index (χ4n) is 4.24. The van der Waals surface area contributed by atoms with E-state index in [0.29, 0.717) is 12.0 Å². The maximum absolute atomic E-state index is 13.7. The largest absolute Gasteiger partial charge is 0.507 e. The molecule has 0 atom stereocenters. The lowest BCUT2D eigenvalue weighted by atomic mass is 10.0. The van der Waals surface area contributed by atoms with Gasteiger partial charge in [0.05, 0.1) is 30.5 Å². The van der Waals surface area contributed by atoms with E-state index in [4.69, 9.17) is 9.47 Å². The third-order valence-electron chi connectivity index (χ3n) is 6.31. The van der Waals surface area contributed by atoms with Crippen molar-refractivity contribution in [2.45, 2.75) is 23.5 Å². The van der Waals surface area contributed by atoms with Gasteiger partial charge in [0.1, 0.15) is 22.9 Å². The second-order valence-electron chi connectivity index (χ2n) is 9.10. The zero-order valence-corrected chi connectivity index (χ0v) is 21.6. The van der Waals surface area contributed by atoms with Crippen LogP contribution < -0.4 is 0 Å². The minimum atomic E-state index is -3.86. The molecule has 4 rings (SSSR count). The summed E-state index contributed by atoms with van der Waals surface area (Å²) < 4.78 is 50.4. The zero-order chi connectivity index (χ0) is 27.1. The lowest BCUT2D eigenvalue weighted by Gasteiger charge is -2.26. The van der Waals surface area contributed by atoms with Gasteiger partial charge in [0.15, 0.2) is 9.84 Å². The maximum Gasteiger partial charge on any atom is 0.341 e. The standard InChI is InChI=1S/C28H30FNO7S/c29-22-7-9-26(31)25(18-22)21-4-3-5-23(17-21)38(34,35)19-20-6-8-24(27(32)16-20)28(33)37-13-2-1-10-30-11-14-36-15-12-30/h3-9,16-18,31-32H,1-2,10-15,19H2. The molecule has 3 aromatic carbocycles. The molecule has 0 radical (unpaired) electrons. The molecule has 38 heavy (non-hydrogen) atoms. The average Bonchev–Trinajstić information content (AvgIpc) is 2.90. The fourth-order valence-corrected chi connectivity index (χ4v) is 5.62. The van der Waals surface area contributed by atoms with Crippen molar-refractivity contribution in [3.63, 3.8) is 0 Å². The van der Waals surface area contributed by atoms with E-state index < -0.39 is 27.4 Å². The molecule has 10 heteroatoms. The number of phenols is 2. The number of ether oxygens (including phenoxy) is 2. The fraction of sp³-hybridized carbons (Fsp3) is 0.321. The van der Waals surface area contributed by atoms with Crippen LogP contribution in [-0.4, -0.2) is 69.0 Å². The Bertz CT molecular complexity index is 1390. The zero-order valence-electron chi connectivity index (χ0n) is 20.8. The van der Waals surface area contributed by atoms with E-state index in [-0.39, 0.29) is 39.7 Å². The predicted octanol–water partition coefficient (Wildman–Crippen LogP) is 4.15. The molecule has 0 saturated carbocycles. The number of rotatable bonds is 10. The van der Waals surface area contributed by atoms with E-state index in [0.717, 1.165) is 51.4 Å². The van der Waals surface area contributed by atoms with Crippen molar-refractivity contribution in [1.82, 2.24) is 4.90 Å². The number of nitrogens with zero attached hydrogens (tertiary/aromatic N) is 1. The Kier molecular flexibility index (Phi) is 8.98. The molecule has 0 bridgehead atoms. The summed E-state index contributed by atoms with van der Waals surface area (Å²) in [6.45, 7) is 4.39. The Morgan fingerprint density at radius 2 is 1.76 bits per heavy atom. The van der Waals surface area contributed by atoms with Crippen LogP contribution in [0.2, 0.25) is 0 Å². The first-order chi connectivity index (χ1) is 18.2. The number of halogens is 1. The van der Waals surface area contributed by atoms with Crippen molar-refractivity contribution in [2.24, 2.45) is 0 Å². The smallest absolute Gasteiger partial charge is 0.341 e. The quantitative estimate of drug-likeness (QED) is 0.290. The van der Waals surface area contributed by atoms with Gasteiger partial charge in [-0.2, -0.15) is 0 Å². The predicted molar refractivity (Wildman–Crippen MR) is 139 cm³/mol. The maximum atomic E-state index is 13.7. The molecule has 202 valence electrons. The van der Waals surface area contributed by atoms with Crippen LogP contribution in [0.15, 0.2) is 65.6 Å². The molecule has 0 aliphatic carbocycles. The summed E-state index contributed by atoms with van der Waals surface area (Å²) in [7, 11) is -3.86. The summed E-state index contributed by atoms with van der Waals surface area (Å²) in [4.78, 5) is 14.7. The molecule has 0 amide bonds. The van der Waals surface area contributed by atoms with Gasteiger partial charge in [-0.25, -0.2) is 17.6 Å². The minimum absolute atomic E-state index is 0.0290. The molecule has 3 aromatic rings. The number of benzene rings is 3. The normalized spacial score (nSPS) is 14.3. The molecule has 2 N–H and O–H groups in total. The van der Waals surface area contributed by atoms with Gasteiger partial charge in [0.2, 0.25) is 0 Å². The second-order valence-corrected chi connectivity index (χ2v) is 11.1. The highest BCUT2D eigenvalue weighted by atomic mass is 32.2. The highest BCUT2D eigenvalue weighted by molar-refractivity contribution is 7.90. The summed E-state index contributed by atoms with van der Waals surface area (Å²) in [6.07, 6.45) is 1.56. The lowest BCUT2D eigenvalue weighted by Crippen LogP contribution is -2.36. The number of hydrogen-bond acceptors (Lipinski definition) is 8. The van der Waals surface area contributed by atoms with Crippen LogP contribution in [0.1, 0.15) is 28.8 Å². The van der Waals surface area contributed by atoms with Gasteiger partial charge in [-0.1, -0.05) is 18.2 Å². The molecule has 0 unspecified atom stereocenters. The van der Waals surface area contributed by atoms with Crippen molar-refractivity contribution < 1.29 is 37.3 Å². The monoisotopic (exact) mass is 543 g/mol. The third-order valence-corrected chi connectivity index (χ3v) is 7.99. The molecule has 8 nitrogen and oxygen atoms in total. The van der Waals surface area contributed by atoms with Gasteiger partial charge < -0.3 is 19.7 Å². The van der Waals surface area contributed by atoms with E-state index >= 15 is 0 Å². The number of carbonyl (C=O) groups excluding carboxylic acids is 1. The SMILES string of the molecule is O=C(OCCCCN1CCOCC1)c1ccc(CS(=O)(=O)c2cccc(-c3cc(F)ccc3O)c2)cc1O. The summed E-state index contributed by atoms with van der Waals surface area (Å²) in [5.74, 6) is -2.21. The number of carbonyl (C=O) groups is 1. The number of phenolic OH excluding ortho intramolecular Hbond substituents is 2. The number of esters is 1. The van der Waals surface area contributed by atoms with Gasteiger partial charge in [-0.3, -0.25) is 4.90 Å². The van der Waals surface area contributed by atoms with E-state index in [1.54, 1.807) is 6.07 Å². The van der Waals surface area contributed by atoms with Crippen LogP contribution in [-0.2, 0) is 25.1 Å². The number of morpholine rings is 1. The van der Waals surface area contributed by atoms with Crippen molar-refractivity contribution in [2.75, 3.05) is 39.5 Å². The number of hydrogen-bond donors (Lipinski definition) is 2. The minimum Gasteiger partial charge on any atom is -0.507 e. The van der Waals surface area contributed by atoms with Crippen molar-refractivity contribution in [3.8, 4) is 22.6 Å². The molecule has 0 aromatic heterocycles. The third kappa shape index (κ3) is 7.09. The summed E-state index contributed by atoms with van der Waals surface area (Å²) >= 11 is 0. The molecule has 1 fully saturated rings.